The lowest BCUT2D eigenvalue weighted by Gasteiger charge is -2.12. The highest BCUT2D eigenvalue weighted by molar-refractivity contribution is 5.93. The highest BCUT2D eigenvalue weighted by atomic mass is 19.2. The number of ether oxygens (including phenoxy) is 2. The maximum absolute atomic E-state index is 13.4. The third kappa shape index (κ3) is 4.15. The summed E-state index contributed by atoms with van der Waals surface area (Å²) in [7, 11) is 1.45. The molecule has 0 aromatic heterocycles. The van der Waals surface area contributed by atoms with Gasteiger partial charge >= 0.3 is 0 Å². The van der Waals surface area contributed by atoms with E-state index in [4.69, 9.17) is 9.47 Å². The molecule has 122 valence electrons. The van der Waals surface area contributed by atoms with Crippen molar-refractivity contribution in [2.75, 3.05) is 19.0 Å². The van der Waals surface area contributed by atoms with Gasteiger partial charge in [-0.2, -0.15) is 0 Å². The van der Waals surface area contributed by atoms with Crippen molar-refractivity contribution in [1.29, 1.82) is 0 Å². The Morgan fingerprint density at radius 3 is 2.43 bits per heavy atom. The van der Waals surface area contributed by atoms with Gasteiger partial charge in [-0.1, -0.05) is 6.07 Å². The Morgan fingerprint density at radius 2 is 1.74 bits per heavy atom. The molecule has 23 heavy (non-hydrogen) atoms. The molecule has 1 N–H and O–H groups in total. The van der Waals surface area contributed by atoms with Gasteiger partial charge in [0.2, 0.25) is 0 Å². The second-order valence-electron chi connectivity index (χ2n) is 4.74. The molecule has 2 aromatic carbocycles. The van der Waals surface area contributed by atoms with Crippen LogP contribution in [0.25, 0.3) is 0 Å². The van der Waals surface area contributed by atoms with E-state index in [1.54, 1.807) is 12.1 Å². The zero-order chi connectivity index (χ0) is 17.0. The molecule has 0 aliphatic rings. The van der Waals surface area contributed by atoms with E-state index < -0.39 is 35.7 Å². The predicted octanol–water partition coefficient (Wildman–Crippen LogP) is 3.44. The fourth-order valence-electron chi connectivity index (χ4n) is 1.86. The van der Waals surface area contributed by atoms with Crippen molar-refractivity contribution in [1.82, 2.24) is 0 Å². The maximum atomic E-state index is 13.4. The largest absolute Gasteiger partial charge is 0.495 e. The Kier molecular flexibility index (Phi) is 5.10. The van der Waals surface area contributed by atoms with Gasteiger partial charge in [0.1, 0.15) is 5.75 Å². The third-order valence-corrected chi connectivity index (χ3v) is 2.96. The number of aryl methyl sites for hydroxylation is 1. The number of rotatable bonds is 5. The number of halogens is 3. The lowest BCUT2D eigenvalue weighted by atomic mass is 10.2. The number of hydrogen-bond donors (Lipinski definition) is 1. The van der Waals surface area contributed by atoms with Gasteiger partial charge in [0, 0.05) is 12.1 Å². The average Bonchev–Trinajstić information content (AvgIpc) is 2.50. The summed E-state index contributed by atoms with van der Waals surface area (Å²) in [6.07, 6.45) is 0. The molecular formula is C16H14F3NO3. The van der Waals surface area contributed by atoms with Gasteiger partial charge in [-0.05, 0) is 24.6 Å². The SMILES string of the molecule is COc1ccc(C)cc1NC(=O)COc1cc(F)c(F)cc1F. The van der Waals surface area contributed by atoms with Gasteiger partial charge < -0.3 is 14.8 Å². The normalized spacial score (nSPS) is 10.3. The molecule has 0 fully saturated rings. The summed E-state index contributed by atoms with van der Waals surface area (Å²) in [5.74, 6) is -4.38. The van der Waals surface area contributed by atoms with Crippen molar-refractivity contribution in [2.45, 2.75) is 6.92 Å². The van der Waals surface area contributed by atoms with Gasteiger partial charge in [0.15, 0.2) is 29.8 Å². The number of carbonyl (C=O) groups excluding carboxylic acids is 1. The Bertz CT molecular complexity index is 735. The summed E-state index contributed by atoms with van der Waals surface area (Å²) in [5, 5.41) is 2.54. The minimum absolute atomic E-state index is 0.353. The van der Waals surface area contributed by atoms with E-state index >= 15 is 0 Å². The quantitative estimate of drug-likeness (QED) is 0.857. The molecule has 0 spiro atoms. The Labute approximate surface area is 130 Å². The van der Waals surface area contributed by atoms with Crippen molar-refractivity contribution in [3.8, 4) is 11.5 Å². The van der Waals surface area contributed by atoms with Crippen LogP contribution in [0, 0.1) is 24.4 Å². The number of amides is 1. The molecule has 0 unspecified atom stereocenters. The van der Waals surface area contributed by atoms with Crippen molar-refractivity contribution in [3.05, 3.63) is 53.3 Å². The molecule has 0 aliphatic carbocycles. The first-order valence-electron chi connectivity index (χ1n) is 6.62. The predicted molar refractivity (Wildman–Crippen MR) is 78.2 cm³/mol. The number of hydrogen-bond acceptors (Lipinski definition) is 3. The van der Waals surface area contributed by atoms with Crippen LogP contribution in [0.4, 0.5) is 18.9 Å². The number of carbonyl (C=O) groups is 1. The monoisotopic (exact) mass is 325 g/mol. The smallest absolute Gasteiger partial charge is 0.262 e. The zero-order valence-electron chi connectivity index (χ0n) is 12.5. The summed E-state index contributed by atoms with van der Waals surface area (Å²) in [4.78, 5) is 11.8. The number of benzene rings is 2. The topological polar surface area (TPSA) is 47.6 Å². The van der Waals surface area contributed by atoms with Gasteiger partial charge in [-0.3, -0.25) is 4.79 Å². The summed E-state index contributed by atoms with van der Waals surface area (Å²) in [6.45, 7) is 1.27. The minimum atomic E-state index is -1.33. The average molecular weight is 325 g/mol. The Hall–Kier alpha value is -2.70. The standard InChI is InChI=1S/C16H14F3NO3/c1-9-3-4-14(22-2)13(5-9)20-16(21)8-23-15-7-11(18)10(17)6-12(15)19/h3-7H,8H2,1-2H3,(H,20,21). The molecular weight excluding hydrogens is 311 g/mol. The number of anilines is 1. The molecule has 0 radical (unpaired) electrons. The Balaban J connectivity index is 2.04. The van der Waals surface area contributed by atoms with Crippen LogP contribution >= 0.6 is 0 Å². The molecule has 0 atom stereocenters. The summed E-state index contributed by atoms with van der Waals surface area (Å²) < 4.78 is 49.2. The lowest BCUT2D eigenvalue weighted by molar-refractivity contribution is -0.118. The van der Waals surface area contributed by atoms with Crippen LogP contribution < -0.4 is 14.8 Å². The minimum Gasteiger partial charge on any atom is -0.495 e. The first kappa shape index (κ1) is 16.7. The molecule has 2 aromatic rings. The van der Waals surface area contributed by atoms with Crippen LogP contribution in [0.5, 0.6) is 11.5 Å². The molecule has 0 heterocycles. The summed E-state index contributed by atoms with van der Waals surface area (Å²) >= 11 is 0. The van der Waals surface area contributed by atoms with Crippen LogP contribution in [0.15, 0.2) is 30.3 Å². The van der Waals surface area contributed by atoms with Crippen LogP contribution in [-0.2, 0) is 4.79 Å². The molecule has 0 saturated heterocycles. The third-order valence-electron chi connectivity index (χ3n) is 2.96. The summed E-state index contributed by atoms with van der Waals surface area (Å²) in [5.41, 5.74) is 1.32. The van der Waals surface area contributed by atoms with Crippen LogP contribution in [-0.4, -0.2) is 19.6 Å². The van der Waals surface area contributed by atoms with E-state index in [-0.39, 0.29) is 0 Å². The fourth-order valence-corrected chi connectivity index (χ4v) is 1.86. The zero-order valence-corrected chi connectivity index (χ0v) is 12.5. The van der Waals surface area contributed by atoms with Gasteiger partial charge in [0.25, 0.3) is 5.91 Å². The molecule has 0 aliphatic heterocycles. The molecule has 2 rings (SSSR count). The van der Waals surface area contributed by atoms with Gasteiger partial charge in [-0.25, -0.2) is 13.2 Å². The fraction of sp³-hybridized carbons (Fsp3) is 0.188. The maximum Gasteiger partial charge on any atom is 0.262 e. The van der Waals surface area contributed by atoms with Crippen molar-refractivity contribution in [2.24, 2.45) is 0 Å². The Morgan fingerprint density at radius 1 is 1.04 bits per heavy atom. The van der Waals surface area contributed by atoms with E-state index in [0.717, 1.165) is 5.56 Å². The van der Waals surface area contributed by atoms with Crippen molar-refractivity contribution >= 4 is 11.6 Å². The van der Waals surface area contributed by atoms with Crippen molar-refractivity contribution in [3.63, 3.8) is 0 Å². The van der Waals surface area contributed by atoms with Crippen molar-refractivity contribution < 1.29 is 27.4 Å². The highest BCUT2D eigenvalue weighted by Gasteiger charge is 2.13. The van der Waals surface area contributed by atoms with Crippen LogP contribution in [0.3, 0.4) is 0 Å². The molecule has 4 nitrogen and oxygen atoms in total. The highest BCUT2D eigenvalue weighted by Crippen LogP contribution is 2.25. The molecule has 0 bridgehead atoms. The van der Waals surface area contributed by atoms with E-state index in [0.29, 0.717) is 23.6 Å². The number of methoxy groups -OCH3 is 1. The van der Waals surface area contributed by atoms with Gasteiger partial charge in [0.05, 0.1) is 12.8 Å². The van der Waals surface area contributed by atoms with E-state index in [1.165, 1.54) is 7.11 Å². The number of nitrogens with one attached hydrogen (secondary N) is 1. The first-order valence-corrected chi connectivity index (χ1v) is 6.62. The van der Waals surface area contributed by atoms with E-state index in [2.05, 4.69) is 5.32 Å². The van der Waals surface area contributed by atoms with Crippen LogP contribution in [0.1, 0.15) is 5.56 Å². The van der Waals surface area contributed by atoms with Gasteiger partial charge in [-0.15, -0.1) is 0 Å². The first-order chi connectivity index (χ1) is 10.9. The summed E-state index contributed by atoms with van der Waals surface area (Å²) in [6, 6.07) is 6.08. The molecule has 7 heteroatoms. The molecule has 1 amide bonds. The van der Waals surface area contributed by atoms with Crippen LogP contribution in [0.2, 0.25) is 0 Å². The van der Waals surface area contributed by atoms with E-state index in [9.17, 15) is 18.0 Å². The lowest BCUT2D eigenvalue weighted by Crippen LogP contribution is -2.21. The molecule has 0 saturated carbocycles. The second kappa shape index (κ2) is 7.04. The second-order valence-corrected chi connectivity index (χ2v) is 4.74. The van der Waals surface area contributed by atoms with E-state index in [1.807, 2.05) is 13.0 Å².